The minimum atomic E-state index is 0.0905. The standard InChI is InChI=1S/C11H14O.C2H6/c1-8(2)11(12)10-6-4-9(3)5-7-10;1-2/h4-8H,1-3H3;1-2H3. The topological polar surface area (TPSA) is 17.1 Å². The van der Waals surface area contributed by atoms with Crippen molar-refractivity contribution in [2.24, 2.45) is 5.92 Å². The van der Waals surface area contributed by atoms with Crippen LogP contribution in [-0.2, 0) is 0 Å². The van der Waals surface area contributed by atoms with Crippen LogP contribution in [0.1, 0.15) is 43.6 Å². The second-order valence-electron chi connectivity index (χ2n) is 3.38. The molecule has 0 saturated heterocycles. The zero-order valence-corrected chi connectivity index (χ0v) is 9.79. The number of rotatable bonds is 2. The van der Waals surface area contributed by atoms with Gasteiger partial charge in [0.1, 0.15) is 0 Å². The molecule has 0 aliphatic heterocycles. The summed E-state index contributed by atoms with van der Waals surface area (Å²) in [7, 11) is 0. The first-order valence-electron chi connectivity index (χ1n) is 5.22. The fourth-order valence-electron chi connectivity index (χ4n) is 1.05. The predicted molar refractivity (Wildman–Crippen MR) is 61.7 cm³/mol. The largest absolute Gasteiger partial charge is 0.294 e. The first-order chi connectivity index (χ1) is 6.61. The predicted octanol–water partition coefficient (Wildman–Crippen LogP) is 3.86. The van der Waals surface area contributed by atoms with Gasteiger partial charge in [0.25, 0.3) is 0 Å². The lowest BCUT2D eigenvalue weighted by atomic mass is 10.0. The first-order valence-corrected chi connectivity index (χ1v) is 5.22. The van der Waals surface area contributed by atoms with Crippen LogP contribution in [0.3, 0.4) is 0 Å². The van der Waals surface area contributed by atoms with Crippen LogP contribution >= 0.6 is 0 Å². The lowest BCUT2D eigenvalue weighted by molar-refractivity contribution is 0.0939. The summed E-state index contributed by atoms with van der Waals surface area (Å²) in [6.45, 7) is 9.86. The quantitative estimate of drug-likeness (QED) is 0.650. The summed E-state index contributed by atoms with van der Waals surface area (Å²) in [5, 5.41) is 0. The van der Waals surface area contributed by atoms with Gasteiger partial charge in [-0.1, -0.05) is 57.5 Å². The maximum absolute atomic E-state index is 11.5. The summed E-state index contributed by atoms with van der Waals surface area (Å²) in [6, 6.07) is 7.71. The minimum Gasteiger partial charge on any atom is -0.294 e. The number of ketones is 1. The van der Waals surface area contributed by atoms with E-state index in [1.807, 2.05) is 58.9 Å². The highest BCUT2D eigenvalue weighted by atomic mass is 16.1. The van der Waals surface area contributed by atoms with Gasteiger partial charge in [-0.3, -0.25) is 4.79 Å². The molecule has 1 heteroatoms. The third-order valence-electron chi connectivity index (χ3n) is 1.86. The van der Waals surface area contributed by atoms with Crippen molar-refractivity contribution in [3.63, 3.8) is 0 Å². The van der Waals surface area contributed by atoms with E-state index in [2.05, 4.69) is 0 Å². The lowest BCUT2D eigenvalue weighted by Crippen LogP contribution is -2.06. The van der Waals surface area contributed by atoms with Crippen molar-refractivity contribution >= 4 is 5.78 Å². The molecule has 0 aromatic heterocycles. The Kier molecular flexibility index (Phi) is 5.86. The van der Waals surface area contributed by atoms with Crippen molar-refractivity contribution in [3.8, 4) is 0 Å². The SMILES string of the molecule is CC.Cc1ccc(C(=O)C(C)C)cc1. The van der Waals surface area contributed by atoms with E-state index in [1.165, 1.54) is 5.56 Å². The molecule has 0 atom stereocenters. The highest BCUT2D eigenvalue weighted by Crippen LogP contribution is 2.09. The Morgan fingerprint density at radius 2 is 1.50 bits per heavy atom. The van der Waals surface area contributed by atoms with E-state index in [9.17, 15) is 4.79 Å². The fourth-order valence-corrected chi connectivity index (χ4v) is 1.05. The smallest absolute Gasteiger partial charge is 0.165 e. The van der Waals surface area contributed by atoms with Gasteiger partial charge in [-0.15, -0.1) is 0 Å². The summed E-state index contributed by atoms with van der Waals surface area (Å²) >= 11 is 0. The molecule has 14 heavy (non-hydrogen) atoms. The first kappa shape index (κ1) is 12.9. The number of aryl methyl sites for hydroxylation is 1. The van der Waals surface area contributed by atoms with Crippen molar-refractivity contribution in [2.45, 2.75) is 34.6 Å². The van der Waals surface area contributed by atoms with Crippen LogP contribution in [0, 0.1) is 12.8 Å². The molecule has 0 radical (unpaired) electrons. The Morgan fingerprint density at radius 1 is 1.07 bits per heavy atom. The molecule has 0 spiro atoms. The van der Waals surface area contributed by atoms with Gasteiger partial charge in [-0.25, -0.2) is 0 Å². The van der Waals surface area contributed by atoms with Crippen LogP contribution in [0.4, 0.5) is 0 Å². The van der Waals surface area contributed by atoms with Crippen molar-refractivity contribution < 1.29 is 4.79 Å². The summed E-state index contributed by atoms with van der Waals surface area (Å²) in [5.41, 5.74) is 2.01. The Hall–Kier alpha value is -1.11. The molecule has 1 aromatic carbocycles. The summed E-state index contributed by atoms with van der Waals surface area (Å²) in [6.07, 6.45) is 0. The molecule has 0 saturated carbocycles. The van der Waals surface area contributed by atoms with Gasteiger partial charge in [0, 0.05) is 11.5 Å². The van der Waals surface area contributed by atoms with Gasteiger partial charge < -0.3 is 0 Å². The molecule has 0 aliphatic rings. The molecule has 0 heterocycles. The number of hydrogen-bond acceptors (Lipinski definition) is 1. The Bertz CT molecular complexity index is 270. The van der Waals surface area contributed by atoms with Crippen LogP contribution in [-0.4, -0.2) is 5.78 Å². The number of Topliss-reactive ketones (excluding diaryl/α,β-unsaturated/α-hetero) is 1. The molecule has 0 unspecified atom stereocenters. The monoisotopic (exact) mass is 192 g/mol. The molecule has 0 bridgehead atoms. The van der Waals surface area contributed by atoms with Gasteiger partial charge in [-0.2, -0.15) is 0 Å². The van der Waals surface area contributed by atoms with E-state index >= 15 is 0 Å². The molecule has 0 fully saturated rings. The highest BCUT2D eigenvalue weighted by molar-refractivity contribution is 5.97. The molecule has 0 N–H and O–H groups in total. The van der Waals surface area contributed by atoms with Gasteiger partial charge >= 0.3 is 0 Å². The van der Waals surface area contributed by atoms with Crippen LogP contribution in [0.25, 0.3) is 0 Å². The normalized spacial score (nSPS) is 9.29. The van der Waals surface area contributed by atoms with E-state index in [0.29, 0.717) is 0 Å². The van der Waals surface area contributed by atoms with E-state index in [0.717, 1.165) is 5.56 Å². The third kappa shape index (κ3) is 3.73. The zero-order valence-electron chi connectivity index (χ0n) is 9.79. The van der Waals surface area contributed by atoms with Crippen LogP contribution < -0.4 is 0 Å². The van der Waals surface area contributed by atoms with E-state index in [1.54, 1.807) is 0 Å². The zero-order chi connectivity index (χ0) is 11.1. The van der Waals surface area contributed by atoms with E-state index in [-0.39, 0.29) is 11.7 Å². The number of carbonyl (C=O) groups is 1. The summed E-state index contributed by atoms with van der Waals surface area (Å²) in [4.78, 5) is 11.5. The van der Waals surface area contributed by atoms with Crippen molar-refractivity contribution in [3.05, 3.63) is 35.4 Å². The van der Waals surface area contributed by atoms with Crippen molar-refractivity contribution in [2.75, 3.05) is 0 Å². The van der Waals surface area contributed by atoms with Crippen LogP contribution in [0.15, 0.2) is 24.3 Å². The van der Waals surface area contributed by atoms with E-state index in [4.69, 9.17) is 0 Å². The van der Waals surface area contributed by atoms with Gasteiger partial charge in [0.15, 0.2) is 5.78 Å². The molecule has 78 valence electrons. The fraction of sp³-hybridized carbons (Fsp3) is 0.462. The molecule has 1 aromatic rings. The molecule has 0 aliphatic carbocycles. The van der Waals surface area contributed by atoms with Crippen LogP contribution in [0.2, 0.25) is 0 Å². The van der Waals surface area contributed by atoms with Gasteiger partial charge in [-0.05, 0) is 6.92 Å². The van der Waals surface area contributed by atoms with Crippen molar-refractivity contribution in [1.82, 2.24) is 0 Å². The third-order valence-corrected chi connectivity index (χ3v) is 1.86. The molecule has 0 amide bonds. The highest BCUT2D eigenvalue weighted by Gasteiger charge is 2.08. The summed E-state index contributed by atoms with van der Waals surface area (Å²) < 4.78 is 0. The maximum Gasteiger partial charge on any atom is 0.165 e. The molecule has 1 nitrogen and oxygen atoms in total. The second-order valence-corrected chi connectivity index (χ2v) is 3.38. The molecular weight excluding hydrogens is 172 g/mol. The van der Waals surface area contributed by atoms with Gasteiger partial charge in [0.05, 0.1) is 0 Å². The number of carbonyl (C=O) groups excluding carboxylic acids is 1. The Morgan fingerprint density at radius 3 is 1.86 bits per heavy atom. The average Bonchev–Trinajstić information content (AvgIpc) is 2.21. The number of hydrogen-bond donors (Lipinski definition) is 0. The second kappa shape index (κ2) is 6.36. The average molecular weight is 192 g/mol. The maximum atomic E-state index is 11.5. The molecular formula is C13H20O. The minimum absolute atomic E-state index is 0.0905. The Labute approximate surface area is 87.2 Å². The Balaban J connectivity index is 0.000000791. The summed E-state index contributed by atoms with van der Waals surface area (Å²) in [5.74, 6) is 0.308. The van der Waals surface area contributed by atoms with Crippen molar-refractivity contribution in [1.29, 1.82) is 0 Å². The molecule has 1 rings (SSSR count). The number of benzene rings is 1. The van der Waals surface area contributed by atoms with Gasteiger partial charge in [0.2, 0.25) is 0 Å². The van der Waals surface area contributed by atoms with Crippen LogP contribution in [0.5, 0.6) is 0 Å². The van der Waals surface area contributed by atoms with E-state index < -0.39 is 0 Å². The lowest BCUT2D eigenvalue weighted by Gasteiger charge is -2.03.